The maximum atomic E-state index is 10.2. The summed E-state index contributed by atoms with van der Waals surface area (Å²) in [5.74, 6) is -0.870. The van der Waals surface area contributed by atoms with Crippen LogP contribution in [0.3, 0.4) is 0 Å². The molecule has 1 amide bonds. The van der Waals surface area contributed by atoms with Gasteiger partial charge in [-0.1, -0.05) is 6.92 Å². The maximum absolute atomic E-state index is 10.2. The Morgan fingerprint density at radius 2 is 2.00 bits per heavy atom. The van der Waals surface area contributed by atoms with E-state index in [0.29, 0.717) is 0 Å². The van der Waals surface area contributed by atoms with Crippen LogP contribution < -0.4 is 5.73 Å². The number of rotatable bonds is 2. The zero-order valence-corrected chi connectivity index (χ0v) is 5.73. The molecule has 0 unspecified atom stereocenters. The third kappa shape index (κ3) is 2.27. The van der Waals surface area contributed by atoms with E-state index in [-0.39, 0.29) is 11.3 Å². The molecule has 9 heavy (non-hydrogen) atoms. The van der Waals surface area contributed by atoms with Gasteiger partial charge in [-0.05, 0) is 6.42 Å². The Bertz CT molecular complexity index is 231. The lowest BCUT2D eigenvalue weighted by atomic mass is 10.3. The largest absolute Gasteiger partial charge is 0.365 e. The summed E-state index contributed by atoms with van der Waals surface area (Å²) in [6.07, 6.45) is 0.158. The van der Waals surface area contributed by atoms with Crippen molar-refractivity contribution in [1.29, 1.82) is 0 Å². The number of nitrogens with two attached hydrogens (primary N) is 1. The summed E-state index contributed by atoms with van der Waals surface area (Å²) in [7, 11) is -2.44. The second kappa shape index (κ2) is 3.24. The van der Waals surface area contributed by atoms with Crippen molar-refractivity contribution in [3.63, 3.8) is 0 Å². The number of carbonyl (C=O) groups is 1. The minimum Gasteiger partial charge on any atom is -0.365 e. The first-order valence-electron chi connectivity index (χ1n) is 2.34. The lowest BCUT2D eigenvalue weighted by molar-refractivity contribution is -0.111. The summed E-state index contributed by atoms with van der Waals surface area (Å²) in [6.45, 7) is 1.55. The SMILES string of the molecule is CCC(C(N)=O)=S(=O)=O. The number of hydrogen-bond acceptors (Lipinski definition) is 3. The fraction of sp³-hybridized carbons (Fsp3) is 0.500. The summed E-state index contributed by atoms with van der Waals surface area (Å²) in [4.78, 5) is 9.91. The average molecular weight is 149 g/mol. The lowest BCUT2D eigenvalue weighted by Gasteiger charge is -1.86. The molecule has 0 aromatic carbocycles. The summed E-state index contributed by atoms with van der Waals surface area (Å²) in [5.41, 5.74) is 4.68. The van der Waals surface area contributed by atoms with Crippen molar-refractivity contribution in [2.45, 2.75) is 13.3 Å². The molecule has 2 N–H and O–H groups in total. The van der Waals surface area contributed by atoms with Crippen LogP contribution in [0.25, 0.3) is 0 Å². The molecule has 0 bridgehead atoms. The fourth-order valence-corrected chi connectivity index (χ4v) is 0.774. The van der Waals surface area contributed by atoms with Crippen LogP contribution in [0.15, 0.2) is 0 Å². The molecule has 0 saturated carbocycles. The summed E-state index contributed by atoms with van der Waals surface area (Å²) in [6, 6.07) is 0. The van der Waals surface area contributed by atoms with E-state index in [2.05, 4.69) is 5.73 Å². The molecule has 4 nitrogen and oxygen atoms in total. The average Bonchev–Trinajstić information content (AvgIpc) is 1.64. The first-order chi connectivity index (χ1) is 4.09. The van der Waals surface area contributed by atoms with Gasteiger partial charge < -0.3 is 5.73 Å². The number of primary amides is 1. The molecule has 0 aliphatic carbocycles. The molecule has 0 saturated heterocycles. The highest BCUT2D eigenvalue weighted by Gasteiger charge is 2.03. The smallest absolute Gasteiger partial charge is 0.260 e. The van der Waals surface area contributed by atoms with Crippen molar-refractivity contribution in [2.75, 3.05) is 0 Å². The Kier molecular flexibility index (Phi) is 2.94. The Balaban J connectivity index is 4.80. The number of hydrogen-bond donors (Lipinski definition) is 1. The van der Waals surface area contributed by atoms with Crippen LogP contribution >= 0.6 is 0 Å². The molecule has 0 atom stereocenters. The van der Waals surface area contributed by atoms with E-state index >= 15 is 0 Å². The van der Waals surface area contributed by atoms with E-state index in [4.69, 9.17) is 0 Å². The van der Waals surface area contributed by atoms with Crippen molar-refractivity contribution in [1.82, 2.24) is 0 Å². The molecule has 0 radical (unpaired) electrons. The highest BCUT2D eigenvalue weighted by Crippen LogP contribution is 1.78. The fourth-order valence-electron chi connectivity index (χ4n) is 0.374. The van der Waals surface area contributed by atoms with Gasteiger partial charge >= 0.3 is 0 Å². The molecule has 0 aliphatic heterocycles. The van der Waals surface area contributed by atoms with E-state index in [0.717, 1.165) is 0 Å². The van der Waals surface area contributed by atoms with Gasteiger partial charge in [-0.3, -0.25) is 4.79 Å². The van der Waals surface area contributed by atoms with E-state index in [1.54, 1.807) is 6.92 Å². The summed E-state index contributed by atoms with van der Waals surface area (Å²) < 4.78 is 20.1. The first-order valence-corrected chi connectivity index (χ1v) is 3.42. The molecule has 0 fully saturated rings. The molecule has 0 rings (SSSR count). The Morgan fingerprint density at radius 1 is 1.56 bits per heavy atom. The highest BCUT2D eigenvalue weighted by atomic mass is 32.2. The van der Waals surface area contributed by atoms with Crippen molar-refractivity contribution >= 4 is 21.1 Å². The van der Waals surface area contributed by atoms with Crippen molar-refractivity contribution in [2.24, 2.45) is 5.73 Å². The summed E-state index contributed by atoms with van der Waals surface area (Å²) >= 11 is 0. The molecule has 5 heteroatoms. The van der Waals surface area contributed by atoms with Crippen LogP contribution in [0, 0.1) is 0 Å². The van der Waals surface area contributed by atoms with Crippen LogP contribution in [-0.2, 0) is 15.1 Å². The van der Waals surface area contributed by atoms with Gasteiger partial charge in [0.05, 0.1) is 0 Å². The van der Waals surface area contributed by atoms with Gasteiger partial charge in [-0.2, -0.15) is 8.42 Å². The van der Waals surface area contributed by atoms with Crippen LogP contribution in [0.4, 0.5) is 0 Å². The lowest BCUT2D eigenvalue weighted by Crippen LogP contribution is -2.22. The van der Waals surface area contributed by atoms with Gasteiger partial charge in [0.15, 0.2) is 0 Å². The normalized spacial score (nSPS) is 8.56. The topological polar surface area (TPSA) is 77.2 Å². The monoisotopic (exact) mass is 149 g/mol. The van der Waals surface area contributed by atoms with Gasteiger partial charge in [-0.25, -0.2) is 0 Å². The Morgan fingerprint density at radius 3 is 2.00 bits per heavy atom. The quantitative estimate of drug-likeness (QED) is 0.508. The Labute approximate surface area is 54.2 Å². The standard InChI is InChI=1S/C4H7NO3S/c1-2-3(4(5)6)9(7)8/h2H2,1H3,(H2,5,6). The zero-order valence-electron chi connectivity index (χ0n) is 4.92. The third-order valence-electron chi connectivity index (χ3n) is 0.797. The van der Waals surface area contributed by atoms with Crippen molar-refractivity contribution in [3.05, 3.63) is 0 Å². The second-order valence-corrected chi connectivity index (χ2v) is 2.34. The van der Waals surface area contributed by atoms with Crippen LogP contribution in [0.5, 0.6) is 0 Å². The van der Waals surface area contributed by atoms with E-state index in [9.17, 15) is 13.2 Å². The molecular formula is C4H7NO3S. The minimum atomic E-state index is -2.44. The van der Waals surface area contributed by atoms with Gasteiger partial charge in [-0.15, -0.1) is 0 Å². The first kappa shape index (κ1) is 8.16. The predicted molar refractivity (Wildman–Crippen MR) is 33.4 cm³/mol. The van der Waals surface area contributed by atoms with Crippen LogP contribution in [0.2, 0.25) is 0 Å². The van der Waals surface area contributed by atoms with Gasteiger partial charge in [0, 0.05) is 0 Å². The third-order valence-corrected chi connectivity index (χ3v) is 1.69. The van der Waals surface area contributed by atoms with Crippen molar-refractivity contribution in [3.8, 4) is 0 Å². The van der Waals surface area contributed by atoms with E-state index in [1.807, 2.05) is 0 Å². The second-order valence-electron chi connectivity index (χ2n) is 1.38. The van der Waals surface area contributed by atoms with Gasteiger partial charge in [0.2, 0.25) is 10.3 Å². The molecule has 0 spiro atoms. The van der Waals surface area contributed by atoms with Crippen LogP contribution in [0.1, 0.15) is 13.3 Å². The van der Waals surface area contributed by atoms with Gasteiger partial charge in [0.25, 0.3) is 5.91 Å². The van der Waals surface area contributed by atoms with E-state index in [1.165, 1.54) is 0 Å². The minimum absolute atomic E-state index is 0.158. The molecule has 0 aromatic heterocycles. The zero-order chi connectivity index (χ0) is 7.44. The molecule has 0 heterocycles. The van der Waals surface area contributed by atoms with Crippen LogP contribution in [-0.4, -0.2) is 19.2 Å². The highest BCUT2D eigenvalue weighted by molar-refractivity contribution is 7.74. The van der Waals surface area contributed by atoms with Crippen molar-refractivity contribution < 1.29 is 13.2 Å². The van der Waals surface area contributed by atoms with E-state index < -0.39 is 16.2 Å². The van der Waals surface area contributed by atoms with Gasteiger partial charge in [0.1, 0.15) is 4.86 Å². The predicted octanol–water partition coefficient (Wildman–Crippen LogP) is -1.07. The molecule has 0 aromatic rings. The molecule has 0 aliphatic rings. The number of amides is 1. The number of carbonyl (C=O) groups excluding carboxylic acids is 1. The molecule has 52 valence electrons. The maximum Gasteiger partial charge on any atom is 0.260 e. The Hall–Kier alpha value is -0.840. The molecular weight excluding hydrogens is 142 g/mol. The summed E-state index contributed by atoms with van der Waals surface area (Å²) in [5, 5.41) is 0.